The summed E-state index contributed by atoms with van der Waals surface area (Å²) in [6.45, 7) is 9.29. The molecule has 1 unspecified atom stereocenters. The van der Waals surface area contributed by atoms with Gasteiger partial charge in [-0.15, -0.1) is 0 Å². The van der Waals surface area contributed by atoms with Crippen LogP contribution in [0.2, 0.25) is 0 Å². The molecule has 7 heteroatoms. The molecule has 2 fully saturated rings. The fourth-order valence-corrected chi connectivity index (χ4v) is 3.90. The highest BCUT2D eigenvalue weighted by Crippen LogP contribution is 2.25. The molecule has 7 nitrogen and oxygen atoms in total. The topological polar surface area (TPSA) is 65.0 Å². The number of aliphatic hydroxyl groups excluding tert-OH is 1. The van der Waals surface area contributed by atoms with Gasteiger partial charge in [0.1, 0.15) is 18.0 Å². The van der Waals surface area contributed by atoms with Crippen molar-refractivity contribution in [3.8, 4) is 0 Å². The van der Waals surface area contributed by atoms with Gasteiger partial charge in [0.25, 0.3) is 0 Å². The summed E-state index contributed by atoms with van der Waals surface area (Å²) in [5, 5.41) is 9.54. The summed E-state index contributed by atoms with van der Waals surface area (Å²) in [4.78, 5) is 15.7. The van der Waals surface area contributed by atoms with Crippen LogP contribution < -0.4 is 9.80 Å². The van der Waals surface area contributed by atoms with E-state index >= 15 is 0 Å². The van der Waals surface area contributed by atoms with E-state index in [1.165, 1.54) is 0 Å². The van der Waals surface area contributed by atoms with Gasteiger partial charge in [0, 0.05) is 45.8 Å². The summed E-state index contributed by atoms with van der Waals surface area (Å²) >= 11 is 0. The van der Waals surface area contributed by atoms with Crippen LogP contribution in [-0.2, 0) is 4.74 Å². The van der Waals surface area contributed by atoms with Gasteiger partial charge in [-0.25, -0.2) is 9.97 Å². The molecule has 0 radical (unpaired) electrons. The largest absolute Gasteiger partial charge is 0.394 e. The number of hydrogen-bond donors (Lipinski definition) is 1. The second kappa shape index (κ2) is 8.29. The quantitative estimate of drug-likeness (QED) is 0.821. The lowest BCUT2D eigenvalue weighted by molar-refractivity contribution is -0.0670. The van der Waals surface area contributed by atoms with Crippen molar-refractivity contribution in [1.82, 2.24) is 14.9 Å². The van der Waals surface area contributed by atoms with Crippen LogP contribution in [0.1, 0.15) is 26.7 Å². The van der Waals surface area contributed by atoms with Crippen LogP contribution in [0.15, 0.2) is 12.4 Å². The van der Waals surface area contributed by atoms with Gasteiger partial charge < -0.3 is 19.6 Å². The van der Waals surface area contributed by atoms with Gasteiger partial charge in [0.05, 0.1) is 24.9 Å². The molecule has 0 aromatic carbocycles. The van der Waals surface area contributed by atoms with E-state index in [0.717, 1.165) is 57.2 Å². The third-order valence-electron chi connectivity index (χ3n) is 5.16. The average molecular weight is 349 g/mol. The summed E-state index contributed by atoms with van der Waals surface area (Å²) in [6, 6.07) is 2.22. The van der Waals surface area contributed by atoms with Crippen LogP contribution in [0.3, 0.4) is 0 Å². The zero-order chi connectivity index (χ0) is 17.8. The molecule has 2 aliphatic rings. The molecule has 0 amide bonds. The first-order valence-corrected chi connectivity index (χ1v) is 9.35. The van der Waals surface area contributed by atoms with Crippen LogP contribution in [0.4, 0.5) is 11.6 Å². The van der Waals surface area contributed by atoms with E-state index in [2.05, 4.69) is 45.6 Å². The molecular weight excluding hydrogens is 318 g/mol. The lowest BCUT2D eigenvalue weighted by Gasteiger charge is -2.36. The normalized spacial score (nSPS) is 27.7. The molecule has 0 spiro atoms. The molecule has 1 aromatic rings. The Hall–Kier alpha value is -1.44. The van der Waals surface area contributed by atoms with Crippen molar-refractivity contribution in [2.45, 2.75) is 44.9 Å². The Morgan fingerprint density at radius 3 is 2.76 bits per heavy atom. The molecule has 0 aliphatic carbocycles. The smallest absolute Gasteiger partial charge is 0.134 e. The third kappa shape index (κ3) is 4.59. The van der Waals surface area contributed by atoms with Crippen LogP contribution in [-0.4, -0.2) is 84.6 Å². The molecular formula is C18H31N5O2. The van der Waals surface area contributed by atoms with Crippen molar-refractivity contribution in [2.75, 3.05) is 56.2 Å². The Morgan fingerprint density at radius 2 is 2.04 bits per heavy atom. The van der Waals surface area contributed by atoms with E-state index in [4.69, 9.17) is 4.74 Å². The van der Waals surface area contributed by atoms with Crippen LogP contribution in [0.5, 0.6) is 0 Å². The fourth-order valence-electron chi connectivity index (χ4n) is 3.90. The lowest BCUT2D eigenvalue weighted by Crippen LogP contribution is -2.47. The molecule has 2 aliphatic heterocycles. The minimum absolute atomic E-state index is 0.183. The first-order valence-electron chi connectivity index (χ1n) is 9.35. The second-order valence-corrected chi connectivity index (χ2v) is 7.34. The van der Waals surface area contributed by atoms with Gasteiger partial charge >= 0.3 is 0 Å². The maximum Gasteiger partial charge on any atom is 0.134 e. The van der Waals surface area contributed by atoms with Gasteiger partial charge in [-0.2, -0.15) is 0 Å². The Morgan fingerprint density at radius 1 is 1.28 bits per heavy atom. The van der Waals surface area contributed by atoms with Gasteiger partial charge in [0.2, 0.25) is 0 Å². The molecule has 2 saturated heterocycles. The van der Waals surface area contributed by atoms with E-state index in [-0.39, 0.29) is 12.6 Å². The first kappa shape index (κ1) is 18.4. The average Bonchev–Trinajstić information content (AvgIpc) is 3.08. The van der Waals surface area contributed by atoms with Crippen LogP contribution >= 0.6 is 0 Å². The maximum atomic E-state index is 9.54. The number of ether oxygens (including phenoxy) is 1. The Bertz CT molecular complexity index is 548. The molecule has 3 rings (SSSR count). The predicted molar refractivity (Wildman–Crippen MR) is 99.2 cm³/mol. The molecule has 0 bridgehead atoms. The summed E-state index contributed by atoms with van der Waals surface area (Å²) < 4.78 is 5.80. The molecule has 3 heterocycles. The molecule has 1 N–H and O–H groups in total. The van der Waals surface area contributed by atoms with E-state index in [0.29, 0.717) is 12.2 Å². The Labute approximate surface area is 150 Å². The van der Waals surface area contributed by atoms with E-state index in [9.17, 15) is 5.11 Å². The summed E-state index contributed by atoms with van der Waals surface area (Å²) in [5.41, 5.74) is 0. The Kier molecular flexibility index (Phi) is 6.09. The minimum atomic E-state index is 0.183. The van der Waals surface area contributed by atoms with Crippen molar-refractivity contribution < 1.29 is 9.84 Å². The van der Waals surface area contributed by atoms with Crippen LogP contribution in [0, 0.1) is 0 Å². The van der Waals surface area contributed by atoms with Gasteiger partial charge in [0.15, 0.2) is 0 Å². The summed E-state index contributed by atoms with van der Waals surface area (Å²) in [5.74, 6) is 1.85. The van der Waals surface area contributed by atoms with Crippen LogP contribution in [0.25, 0.3) is 0 Å². The molecule has 25 heavy (non-hydrogen) atoms. The number of aliphatic hydroxyl groups is 1. The van der Waals surface area contributed by atoms with Gasteiger partial charge in [-0.1, -0.05) is 0 Å². The van der Waals surface area contributed by atoms with Crippen molar-refractivity contribution in [3.05, 3.63) is 12.4 Å². The summed E-state index contributed by atoms with van der Waals surface area (Å²) in [7, 11) is 2.08. The first-order chi connectivity index (χ1) is 12.1. The Balaban J connectivity index is 1.59. The number of hydrogen-bond acceptors (Lipinski definition) is 7. The SMILES string of the molecule is C[C@@H]1CN(CCN(C)c2cc(N3CCCC3CO)ncn2)C[C@H](C)O1. The molecule has 140 valence electrons. The van der Waals surface area contributed by atoms with Crippen molar-refractivity contribution in [3.63, 3.8) is 0 Å². The highest BCUT2D eigenvalue weighted by molar-refractivity contribution is 5.51. The summed E-state index contributed by atoms with van der Waals surface area (Å²) in [6.07, 6.45) is 4.36. The molecule has 0 saturated carbocycles. The zero-order valence-corrected chi connectivity index (χ0v) is 15.6. The highest BCUT2D eigenvalue weighted by Gasteiger charge is 2.26. The van der Waals surface area contributed by atoms with Crippen molar-refractivity contribution >= 4 is 11.6 Å². The third-order valence-corrected chi connectivity index (χ3v) is 5.16. The standard InChI is InChI=1S/C18H31N5O2/c1-14-10-22(11-15(2)25-14)8-7-21(3)17-9-18(20-13-19-17)23-6-4-5-16(23)12-24/h9,13-16,24H,4-8,10-12H2,1-3H3/t14-,15+,16?. The van der Waals surface area contributed by atoms with Crippen molar-refractivity contribution in [1.29, 1.82) is 0 Å². The van der Waals surface area contributed by atoms with E-state index in [1.54, 1.807) is 6.33 Å². The minimum Gasteiger partial charge on any atom is -0.394 e. The van der Waals surface area contributed by atoms with E-state index in [1.807, 2.05) is 6.07 Å². The maximum absolute atomic E-state index is 9.54. The zero-order valence-electron chi connectivity index (χ0n) is 15.6. The predicted octanol–water partition coefficient (Wildman–Crippen LogP) is 0.983. The highest BCUT2D eigenvalue weighted by atomic mass is 16.5. The van der Waals surface area contributed by atoms with Gasteiger partial charge in [-0.3, -0.25) is 4.90 Å². The van der Waals surface area contributed by atoms with E-state index < -0.39 is 0 Å². The molecule has 1 aromatic heterocycles. The number of anilines is 2. The second-order valence-electron chi connectivity index (χ2n) is 7.34. The monoisotopic (exact) mass is 349 g/mol. The number of rotatable bonds is 6. The number of nitrogens with zero attached hydrogens (tertiary/aromatic N) is 5. The number of aromatic nitrogens is 2. The number of morpholine rings is 1. The fraction of sp³-hybridized carbons (Fsp3) is 0.778. The number of likely N-dealkylation sites (N-methyl/N-ethyl adjacent to an activating group) is 1. The van der Waals surface area contributed by atoms with Crippen molar-refractivity contribution in [2.24, 2.45) is 0 Å². The lowest BCUT2D eigenvalue weighted by atomic mass is 10.2. The van der Waals surface area contributed by atoms with Gasteiger partial charge in [-0.05, 0) is 26.7 Å². The molecule has 3 atom stereocenters.